The van der Waals surface area contributed by atoms with E-state index in [0.717, 1.165) is 25.3 Å². The first kappa shape index (κ1) is 15.3. The Hall–Kier alpha value is -0.120. The summed E-state index contributed by atoms with van der Waals surface area (Å²) in [6, 6.07) is 0.543. The van der Waals surface area contributed by atoms with Crippen molar-refractivity contribution in [2.75, 3.05) is 26.7 Å². The van der Waals surface area contributed by atoms with Gasteiger partial charge in [-0.15, -0.1) is 0 Å². The van der Waals surface area contributed by atoms with Crippen LogP contribution in [0.4, 0.5) is 0 Å². The third-order valence-corrected chi connectivity index (χ3v) is 5.26. The van der Waals surface area contributed by atoms with Gasteiger partial charge in [-0.05, 0) is 58.7 Å². The zero-order valence-corrected chi connectivity index (χ0v) is 12.8. The predicted octanol–water partition coefficient (Wildman–Crippen LogP) is 2.39. The van der Waals surface area contributed by atoms with E-state index in [9.17, 15) is 5.11 Å². The third kappa shape index (κ3) is 4.73. The summed E-state index contributed by atoms with van der Waals surface area (Å²) >= 11 is 0. The van der Waals surface area contributed by atoms with Crippen molar-refractivity contribution in [1.29, 1.82) is 0 Å². The summed E-state index contributed by atoms with van der Waals surface area (Å²) in [4.78, 5) is 2.42. The molecule has 0 bridgehead atoms. The molecule has 3 nitrogen and oxygen atoms in total. The first-order chi connectivity index (χ1) is 9.09. The Morgan fingerprint density at radius 2 is 1.74 bits per heavy atom. The Morgan fingerprint density at radius 1 is 1.16 bits per heavy atom. The second-order valence-corrected chi connectivity index (χ2v) is 6.95. The van der Waals surface area contributed by atoms with Crippen LogP contribution in [0.15, 0.2) is 0 Å². The number of nitrogens with one attached hydrogen (secondary N) is 1. The molecular weight excluding hydrogens is 236 g/mol. The monoisotopic (exact) mass is 268 g/mol. The number of hydrogen-bond acceptors (Lipinski definition) is 3. The van der Waals surface area contributed by atoms with Crippen LogP contribution in [0, 0.1) is 5.92 Å². The summed E-state index contributed by atoms with van der Waals surface area (Å²) in [6.07, 6.45) is 9.55. The van der Waals surface area contributed by atoms with Gasteiger partial charge in [0.2, 0.25) is 0 Å². The van der Waals surface area contributed by atoms with Gasteiger partial charge < -0.3 is 15.3 Å². The van der Waals surface area contributed by atoms with Crippen LogP contribution in [0.1, 0.15) is 58.3 Å². The number of hydrogen-bond donors (Lipinski definition) is 2. The summed E-state index contributed by atoms with van der Waals surface area (Å²) in [6.45, 7) is 5.54. The lowest BCUT2D eigenvalue weighted by Gasteiger charge is -2.35. The molecule has 1 unspecified atom stereocenters. The summed E-state index contributed by atoms with van der Waals surface area (Å²) in [5, 5.41) is 14.3. The number of rotatable bonds is 4. The first-order valence-corrected chi connectivity index (χ1v) is 8.23. The topological polar surface area (TPSA) is 35.5 Å². The molecule has 3 heteroatoms. The molecular formula is C16H32N2O. The molecule has 0 aromatic rings. The second-order valence-electron chi connectivity index (χ2n) is 6.95. The van der Waals surface area contributed by atoms with Crippen LogP contribution in [0.25, 0.3) is 0 Å². The fraction of sp³-hybridized carbons (Fsp3) is 1.00. The average Bonchev–Trinajstić information content (AvgIpc) is 2.62. The Balaban J connectivity index is 1.74. The van der Waals surface area contributed by atoms with Gasteiger partial charge in [-0.25, -0.2) is 0 Å². The highest BCUT2D eigenvalue weighted by Gasteiger charge is 2.29. The van der Waals surface area contributed by atoms with E-state index in [1.165, 1.54) is 51.6 Å². The lowest BCUT2D eigenvalue weighted by molar-refractivity contribution is 0.0201. The van der Waals surface area contributed by atoms with Crippen LogP contribution in [0.5, 0.6) is 0 Å². The standard InChI is InChI=1S/C16H32N2O/c1-14(15-7-11-18(2)12-8-15)17-13-16(19)9-5-3-4-6-10-16/h14-15,17,19H,3-13H2,1-2H3. The quantitative estimate of drug-likeness (QED) is 0.769. The minimum absolute atomic E-state index is 0.434. The van der Waals surface area contributed by atoms with E-state index >= 15 is 0 Å². The van der Waals surface area contributed by atoms with Crippen molar-refractivity contribution in [2.24, 2.45) is 5.92 Å². The Morgan fingerprint density at radius 3 is 2.32 bits per heavy atom. The van der Waals surface area contributed by atoms with E-state index in [-0.39, 0.29) is 0 Å². The van der Waals surface area contributed by atoms with Crippen molar-refractivity contribution in [1.82, 2.24) is 10.2 Å². The van der Waals surface area contributed by atoms with Crippen molar-refractivity contribution in [3.8, 4) is 0 Å². The molecule has 0 radical (unpaired) electrons. The van der Waals surface area contributed by atoms with Gasteiger partial charge in [0.15, 0.2) is 0 Å². The molecule has 19 heavy (non-hydrogen) atoms. The molecule has 1 aliphatic heterocycles. The Bertz CT molecular complexity index is 253. The number of likely N-dealkylation sites (tertiary alicyclic amines) is 1. The smallest absolute Gasteiger partial charge is 0.0771 e. The summed E-state index contributed by atoms with van der Waals surface area (Å²) in [7, 11) is 2.21. The molecule has 0 amide bonds. The average molecular weight is 268 g/mol. The van der Waals surface area contributed by atoms with E-state index in [1.807, 2.05) is 0 Å². The minimum atomic E-state index is -0.434. The van der Waals surface area contributed by atoms with Gasteiger partial charge in [0.25, 0.3) is 0 Å². The largest absolute Gasteiger partial charge is 0.389 e. The summed E-state index contributed by atoms with van der Waals surface area (Å²) in [5.74, 6) is 0.783. The van der Waals surface area contributed by atoms with E-state index in [4.69, 9.17) is 0 Å². The van der Waals surface area contributed by atoms with Gasteiger partial charge >= 0.3 is 0 Å². The van der Waals surface area contributed by atoms with Gasteiger partial charge in [-0.1, -0.05) is 25.7 Å². The van der Waals surface area contributed by atoms with Crippen LogP contribution in [0.2, 0.25) is 0 Å². The highest BCUT2D eigenvalue weighted by Crippen LogP contribution is 2.27. The van der Waals surface area contributed by atoms with Gasteiger partial charge in [0.1, 0.15) is 0 Å². The van der Waals surface area contributed by atoms with Gasteiger partial charge in [-0.2, -0.15) is 0 Å². The van der Waals surface area contributed by atoms with Gasteiger partial charge in [0.05, 0.1) is 5.60 Å². The zero-order valence-electron chi connectivity index (χ0n) is 12.8. The van der Waals surface area contributed by atoms with E-state index in [0.29, 0.717) is 6.04 Å². The maximum atomic E-state index is 10.7. The first-order valence-electron chi connectivity index (χ1n) is 8.23. The number of aliphatic hydroxyl groups is 1. The van der Waals surface area contributed by atoms with Crippen molar-refractivity contribution in [3.63, 3.8) is 0 Å². The van der Waals surface area contributed by atoms with Crippen molar-refractivity contribution in [3.05, 3.63) is 0 Å². The van der Waals surface area contributed by atoms with Crippen molar-refractivity contribution >= 4 is 0 Å². The molecule has 1 heterocycles. The van der Waals surface area contributed by atoms with Crippen LogP contribution >= 0.6 is 0 Å². The molecule has 1 atom stereocenters. The second kappa shape index (κ2) is 7.05. The molecule has 0 aromatic carbocycles. The summed E-state index contributed by atoms with van der Waals surface area (Å²) in [5.41, 5.74) is -0.434. The zero-order chi connectivity index (χ0) is 13.7. The fourth-order valence-corrected chi connectivity index (χ4v) is 3.61. The van der Waals surface area contributed by atoms with E-state index in [1.54, 1.807) is 0 Å². The minimum Gasteiger partial charge on any atom is -0.389 e. The highest BCUT2D eigenvalue weighted by atomic mass is 16.3. The van der Waals surface area contributed by atoms with Crippen molar-refractivity contribution < 1.29 is 5.11 Å². The molecule has 2 rings (SSSR count). The lowest BCUT2D eigenvalue weighted by atomic mass is 9.89. The number of piperidine rings is 1. The van der Waals surface area contributed by atoms with Crippen molar-refractivity contribution in [2.45, 2.75) is 69.9 Å². The fourth-order valence-electron chi connectivity index (χ4n) is 3.61. The maximum Gasteiger partial charge on any atom is 0.0771 e. The SMILES string of the molecule is CC(NCC1(O)CCCCCC1)C1CCN(C)CC1. The molecule has 1 saturated heterocycles. The Labute approximate surface area is 118 Å². The maximum absolute atomic E-state index is 10.7. The Kier molecular flexibility index (Phi) is 5.67. The molecule has 1 aliphatic carbocycles. The molecule has 2 aliphatic rings. The third-order valence-electron chi connectivity index (χ3n) is 5.26. The van der Waals surface area contributed by atoms with E-state index in [2.05, 4.69) is 24.2 Å². The van der Waals surface area contributed by atoms with Gasteiger partial charge in [0, 0.05) is 12.6 Å². The van der Waals surface area contributed by atoms with Crippen LogP contribution in [-0.4, -0.2) is 48.3 Å². The highest BCUT2D eigenvalue weighted by molar-refractivity contribution is 4.86. The number of nitrogens with zero attached hydrogens (tertiary/aromatic N) is 1. The van der Waals surface area contributed by atoms with Crippen LogP contribution in [0.3, 0.4) is 0 Å². The van der Waals surface area contributed by atoms with Crippen LogP contribution in [-0.2, 0) is 0 Å². The molecule has 2 N–H and O–H groups in total. The molecule has 0 spiro atoms. The molecule has 1 saturated carbocycles. The van der Waals surface area contributed by atoms with Gasteiger partial charge in [-0.3, -0.25) is 0 Å². The predicted molar refractivity (Wildman–Crippen MR) is 80.3 cm³/mol. The molecule has 112 valence electrons. The molecule has 0 aromatic heterocycles. The lowest BCUT2D eigenvalue weighted by Crippen LogP contribution is -2.47. The van der Waals surface area contributed by atoms with Crippen LogP contribution < -0.4 is 5.32 Å². The molecule has 2 fully saturated rings. The van der Waals surface area contributed by atoms with E-state index < -0.39 is 5.60 Å². The summed E-state index contributed by atoms with van der Waals surface area (Å²) < 4.78 is 0. The normalized spacial score (nSPS) is 27.9.